The molecule has 2 aliphatic rings. The summed E-state index contributed by atoms with van der Waals surface area (Å²) in [5.41, 5.74) is 0. The maximum atomic E-state index is 4.50. The van der Waals surface area contributed by atoms with Crippen LogP contribution in [0.3, 0.4) is 0 Å². The van der Waals surface area contributed by atoms with E-state index in [-0.39, 0.29) is 0 Å². The molecule has 0 aromatic carbocycles. The van der Waals surface area contributed by atoms with Crippen molar-refractivity contribution in [3.05, 3.63) is 0 Å². The van der Waals surface area contributed by atoms with Crippen LogP contribution in [0.4, 0.5) is 0 Å². The van der Waals surface area contributed by atoms with Crippen molar-refractivity contribution in [2.75, 3.05) is 0 Å². The third kappa shape index (κ3) is 0.911. The lowest BCUT2D eigenvalue weighted by Gasteiger charge is -2.20. The fourth-order valence-corrected chi connectivity index (χ4v) is 3.24. The van der Waals surface area contributed by atoms with E-state index in [1.54, 1.807) is 0 Å². The monoisotopic (exact) mass is 160 g/mol. The zero-order valence-corrected chi connectivity index (χ0v) is 7.11. The molecule has 4 atom stereocenters. The second-order valence-electron chi connectivity index (χ2n) is 3.36. The lowest BCUT2D eigenvalue weighted by molar-refractivity contribution is 0.508. The third-order valence-electron chi connectivity index (χ3n) is 2.78. The van der Waals surface area contributed by atoms with Gasteiger partial charge in [-0.05, 0) is 31.1 Å². The van der Waals surface area contributed by atoms with Crippen LogP contribution >= 0.6 is 25.3 Å². The smallest absolute Gasteiger partial charge is 0.00486 e. The minimum Gasteiger partial charge on any atom is -0.176 e. The summed E-state index contributed by atoms with van der Waals surface area (Å²) in [4.78, 5) is 0. The average molecular weight is 160 g/mol. The van der Waals surface area contributed by atoms with Crippen LogP contribution in [-0.4, -0.2) is 10.5 Å². The van der Waals surface area contributed by atoms with Crippen LogP contribution in [0, 0.1) is 11.8 Å². The molecule has 0 aromatic rings. The van der Waals surface area contributed by atoms with E-state index in [9.17, 15) is 0 Å². The first-order valence-electron chi connectivity index (χ1n) is 3.63. The number of hydrogen-bond acceptors (Lipinski definition) is 2. The standard InChI is InChI=1S/C7H12S2/c8-6-2-4-1-5(6)3-7(4)9/h4-9H,1-3H2/t4-,5+,6-,7+. The summed E-state index contributed by atoms with van der Waals surface area (Å²) >= 11 is 9.01. The molecule has 0 N–H and O–H groups in total. The molecule has 0 heterocycles. The Hall–Kier alpha value is 0.700. The maximum Gasteiger partial charge on any atom is 0.00486 e. The van der Waals surface area contributed by atoms with E-state index in [2.05, 4.69) is 25.3 Å². The summed E-state index contributed by atoms with van der Waals surface area (Å²) in [5, 5.41) is 1.41. The van der Waals surface area contributed by atoms with Crippen LogP contribution in [0.5, 0.6) is 0 Å². The zero-order valence-electron chi connectivity index (χ0n) is 5.33. The minimum absolute atomic E-state index is 0.707. The van der Waals surface area contributed by atoms with Crippen molar-refractivity contribution >= 4 is 25.3 Å². The highest BCUT2D eigenvalue weighted by Gasteiger charge is 2.42. The topological polar surface area (TPSA) is 0 Å². The van der Waals surface area contributed by atoms with Crippen LogP contribution in [0.15, 0.2) is 0 Å². The molecule has 2 aliphatic carbocycles. The van der Waals surface area contributed by atoms with Gasteiger partial charge in [0.25, 0.3) is 0 Å². The molecular weight excluding hydrogens is 148 g/mol. The molecule has 2 heteroatoms. The lowest BCUT2D eigenvalue weighted by Crippen LogP contribution is -2.17. The van der Waals surface area contributed by atoms with Crippen molar-refractivity contribution < 1.29 is 0 Å². The molecule has 0 aliphatic heterocycles. The molecule has 2 bridgehead atoms. The van der Waals surface area contributed by atoms with Gasteiger partial charge in [-0.1, -0.05) is 0 Å². The third-order valence-corrected chi connectivity index (χ3v) is 4.05. The zero-order chi connectivity index (χ0) is 6.43. The second kappa shape index (κ2) is 2.09. The SMILES string of the molecule is S[C@@H]1C[C@H]2C[C@H]1C[C@@H]2S. The Balaban J connectivity index is 2.10. The summed E-state index contributed by atoms with van der Waals surface area (Å²) in [6, 6.07) is 0. The van der Waals surface area contributed by atoms with Crippen molar-refractivity contribution in [3.63, 3.8) is 0 Å². The summed E-state index contributed by atoms with van der Waals surface area (Å²) in [7, 11) is 0. The van der Waals surface area contributed by atoms with Gasteiger partial charge in [0.05, 0.1) is 0 Å². The van der Waals surface area contributed by atoms with Gasteiger partial charge in [0.15, 0.2) is 0 Å². The summed E-state index contributed by atoms with van der Waals surface area (Å²) in [6.07, 6.45) is 4.05. The first-order valence-corrected chi connectivity index (χ1v) is 4.67. The van der Waals surface area contributed by atoms with E-state index in [4.69, 9.17) is 0 Å². The van der Waals surface area contributed by atoms with Gasteiger partial charge in [0.2, 0.25) is 0 Å². The molecule has 2 rings (SSSR count). The average Bonchev–Trinajstić information content (AvgIpc) is 2.24. The van der Waals surface area contributed by atoms with Gasteiger partial charge in [0, 0.05) is 10.5 Å². The van der Waals surface area contributed by atoms with Crippen molar-refractivity contribution in [1.82, 2.24) is 0 Å². The van der Waals surface area contributed by atoms with E-state index in [1.165, 1.54) is 19.3 Å². The fraction of sp³-hybridized carbons (Fsp3) is 1.00. The van der Waals surface area contributed by atoms with Crippen LogP contribution < -0.4 is 0 Å². The Morgan fingerprint density at radius 2 is 1.22 bits per heavy atom. The van der Waals surface area contributed by atoms with Crippen molar-refractivity contribution in [2.24, 2.45) is 11.8 Å². The van der Waals surface area contributed by atoms with Gasteiger partial charge in [0.1, 0.15) is 0 Å². The van der Waals surface area contributed by atoms with E-state index in [0.717, 1.165) is 11.8 Å². The Morgan fingerprint density at radius 3 is 1.44 bits per heavy atom. The first kappa shape index (κ1) is 6.41. The van der Waals surface area contributed by atoms with E-state index in [1.807, 2.05) is 0 Å². The highest BCUT2D eigenvalue weighted by Crippen LogP contribution is 2.48. The van der Waals surface area contributed by atoms with Gasteiger partial charge in [-0.15, -0.1) is 0 Å². The molecule has 0 aromatic heterocycles. The normalized spacial score (nSPS) is 56.7. The van der Waals surface area contributed by atoms with Crippen LogP contribution in [-0.2, 0) is 0 Å². The maximum absolute atomic E-state index is 4.50. The number of hydrogen-bond donors (Lipinski definition) is 2. The quantitative estimate of drug-likeness (QED) is 0.498. The van der Waals surface area contributed by atoms with Crippen LogP contribution in [0.25, 0.3) is 0 Å². The molecule has 52 valence electrons. The van der Waals surface area contributed by atoms with Gasteiger partial charge >= 0.3 is 0 Å². The highest BCUT2D eigenvalue weighted by atomic mass is 32.1. The number of fused-ring (bicyclic) bond motifs is 2. The number of thiol groups is 2. The molecule has 2 saturated carbocycles. The molecule has 0 spiro atoms. The molecule has 0 saturated heterocycles. The van der Waals surface area contributed by atoms with Crippen molar-refractivity contribution in [1.29, 1.82) is 0 Å². The number of rotatable bonds is 0. The van der Waals surface area contributed by atoms with Crippen molar-refractivity contribution in [3.8, 4) is 0 Å². The Morgan fingerprint density at radius 1 is 0.778 bits per heavy atom. The van der Waals surface area contributed by atoms with Gasteiger partial charge in [-0.2, -0.15) is 25.3 Å². The Bertz CT molecular complexity index is 106. The predicted octanol–water partition coefficient (Wildman–Crippen LogP) is 2.01. The Labute approximate surface area is 67.2 Å². The molecular formula is C7H12S2. The van der Waals surface area contributed by atoms with Gasteiger partial charge in [-0.3, -0.25) is 0 Å². The van der Waals surface area contributed by atoms with Gasteiger partial charge < -0.3 is 0 Å². The molecule has 0 amide bonds. The molecule has 2 fully saturated rings. The summed E-state index contributed by atoms with van der Waals surface area (Å²) in [6.45, 7) is 0. The van der Waals surface area contributed by atoms with Crippen molar-refractivity contribution in [2.45, 2.75) is 29.8 Å². The van der Waals surface area contributed by atoms with Crippen LogP contribution in [0.1, 0.15) is 19.3 Å². The minimum atomic E-state index is 0.707. The Kier molecular flexibility index (Phi) is 1.49. The largest absolute Gasteiger partial charge is 0.176 e. The second-order valence-corrected chi connectivity index (χ2v) is 4.69. The van der Waals surface area contributed by atoms with E-state index in [0.29, 0.717) is 10.5 Å². The van der Waals surface area contributed by atoms with Gasteiger partial charge in [-0.25, -0.2) is 0 Å². The molecule has 9 heavy (non-hydrogen) atoms. The summed E-state index contributed by atoms with van der Waals surface area (Å²) < 4.78 is 0. The summed E-state index contributed by atoms with van der Waals surface area (Å²) in [5.74, 6) is 1.81. The highest BCUT2D eigenvalue weighted by molar-refractivity contribution is 7.81. The molecule has 0 nitrogen and oxygen atoms in total. The molecule has 0 unspecified atom stereocenters. The lowest BCUT2D eigenvalue weighted by atomic mass is 10.00. The van der Waals surface area contributed by atoms with Crippen LogP contribution in [0.2, 0.25) is 0 Å². The molecule has 0 radical (unpaired) electrons. The van der Waals surface area contributed by atoms with E-state index >= 15 is 0 Å². The fourth-order valence-electron chi connectivity index (χ4n) is 2.21. The van der Waals surface area contributed by atoms with E-state index < -0.39 is 0 Å². The predicted molar refractivity (Wildman–Crippen MR) is 46.4 cm³/mol. The first-order chi connectivity index (χ1) is 4.27.